The zero-order chi connectivity index (χ0) is 25.2. The summed E-state index contributed by atoms with van der Waals surface area (Å²) in [6.45, 7) is -0.0598. The van der Waals surface area contributed by atoms with Crippen molar-refractivity contribution in [3.63, 3.8) is 0 Å². The molecule has 1 heterocycles. The fourth-order valence-corrected chi connectivity index (χ4v) is 5.69. The second-order valence-corrected chi connectivity index (χ2v) is 10.4. The van der Waals surface area contributed by atoms with Gasteiger partial charge in [0.25, 0.3) is 5.91 Å². The van der Waals surface area contributed by atoms with Gasteiger partial charge in [0.05, 0.1) is 0 Å². The maximum Gasteiger partial charge on any atom is 0.262 e. The number of hydrogen-bond acceptors (Lipinski definition) is 4. The predicted octanol–water partition coefficient (Wildman–Crippen LogP) is 8.48. The van der Waals surface area contributed by atoms with E-state index in [0.29, 0.717) is 34.3 Å². The molecule has 4 aromatic carbocycles. The van der Waals surface area contributed by atoms with Crippen LogP contribution in [0, 0.1) is 0 Å². The molecule has 6 rings (SSSR count). The maximum atomic E-state index is 12.6. The Kier molecular flexibility index (Phi) is 6.66. The van der Waals surface area contributed by atoms with Gasteiger partial charge in [-0.2, -0.15) is 0 Å². The number of hydrogen-bond donors (Lipinski definition) is 1. The van der Waals surface area contributed by atoms with Crippen molar-refractivity contribution in [2.75, 3.05) is 11.9 Å². The molecular formula is C31H27BrN2O3. The Morgan fingerprint density at radius 2 is 1.73 bits per heavy atom. The predicted molar refractivity (Wildman–Crippen MR) is 151 cm³/mol. The smallest absolute Gasteiger partial charge is 0.262 e. The molecule has 0 radical (unpaired) electrons. The zero-order valence-corrected chi connectivity index (χ0v) is 22.0. The van der Waals surface area contributed by atoms with E-state index in [4.69, 9.17) is 14.1 Å². The monoisotopic (exact) mass is 554 g/mol. The van der Waals surface area contributed by atoms with Crippen LogP contribution in [0.1, 0.15) is 43.6 Å². The van der Waals surface area contributed by atoms with Gasteiger partial charge in [-0.05, 0) is 77.6 Å². The van der Waals surface area contributed by atoms with Crippen LogP contribution in [0.2, 0.25) is 0 Å². The van der Waals surface area contributed by atoms with E-state index < -0.39 is 0 Å². The first-order chi connectivity index (χ1) is 18.1. The molecule has 5 nitrogen and oxygen atoms in total. The topological polar surface area (TPSA) is 64.4 Å². The number of aromatic nitrogens is 1. The lowest BCUT2D eigenvalue weighted by Crippen LogP contribution is -2.20. The minimum absolute atomic E-state index is 0.0598. The van der Waals surface area contributed by atoms with Gasteiger partial charge in [0.1, 0.15) is 11.3 Å². The third-order valence-corrected chi connectivity index (χ3v) is 7.79. The molecule has 5 aromatic rings. The van der Waals surface area contributed by atoms with Crippen molar-refractivity contribution >= 4 is 49.4 Å². The fourth-order valence-electron chi connectivity index (χ4n) is 5.20. The second-order valence-electron chi connectivity index (χ2n) is 9.58. The molecule has 1 aliphatic rings. The summed E-state index contributed by atoms with van der Waals surface area (Å²) < 4.78 is 12.8. The van der Waals surface area contributed by atoms with Crippen molar-refractivity contribution < 1.29 is 13.9 Å². The number of rotatable bonds is 6. The lowest BCUT2D eigenvalue weighted by atomic mass is 9.84. The number of oxazole rings is 1. The number of amides is 1. The van der Waals surface area contributed by atoms with Crippen LogP contribution < -0.4 is 10.1 Å². The third kappa shape index (κ3) is 5.12. The third-order valence-electron chi connectivity index (χ3n) is 7.10. The average Bonchev–Trinajstić information content (AvgIpc) is 3.36. The minimum Gasteiger partial charge on any atom is -0.484 e. The van der Waals surface area contributed by atoms with E-state index in [9.17, 15) is 4.79 Å². The van der Waals surface area contributed by atoms with Crippen LogP contribution in [0.5, 0.6) is 5.75 Å². The number of carbonyl (C=O) groups excluding carboxylic acids is 1. The Morgan fingerprint density at radius 3 is 2.57 bits per heavy atom. The van der Waals surface area contributed by atoms with Gasteiger partial charge >= 0.3 is 0 Å². The highest BCUT2D eigenvalue weighted by molar-refractivity contribution is 9.10. The van der Waals surface area contributed by atoms with E-state index in [2.05, 4.69) is 45.5 Å². The van der Waals surface area contributed by atoms with Gasteiger partial charge in [-0.1, -0.05) is 71.6 Å². The first-order valence-electron chi connectivity index (χ1n) is 12.7. The van der Waals surface area contributed by atoms with Crippen molar-refractivity contribution in [3.8, 4) is 17.2 Å². The molecule has 6 heteroatoms. The summed E-state index contributed by atoms with van der Waals surface area (Å²) in [4.78, 5) is 17.3. The van der Waals surface area contributed by atoms with Crippen molar-refractivity contribution in [2.24, 2.45) is 0 Å². The van der Waals surface area contributed by atoms with Crippen LogP contribution in [0.25, 0.3) is 33.3 Å². The Bertz CT molecular complexity index is 1570. The van der Waals surface area contributed by atoms with E-state index >= 15 is 0 Å². The summed E-state index contributed by atoms with van der Waals surface area (Å²) in [5.41, 5.74) is 4.28. The summed E-state index contributed by atoms with van der Waals surface area (Å²) >= 11 is 3.62. The Hall–Kier alpha value is -3.64. The van der Waals surface area contributed by atoms with Gasteiger partial charge in [-0.15, -0.1) is 0 Å². The molecule has 0 unspecified atom stereocenters. The molecular weight excluding hydrogens is 528 g/mol. The Labute approximate surface area is 224 Å². The number of benzene rings is 4. The zero-order valence-electron chi connectivity index (χ0n) is 20.4. The first-order valence-corrected chi connectivity index (χ1v) is 13.5. The van der Waals surface area contributed by atoms with Gasteiger partial charge in [-0.3, -0.25) is 4.79 Å². The summed E-state index contributed by atoms with van der Waals surface area (Å²) in [5, 5.41) is 5.05. The summed E-state index contributed by atoms with van der Waals surface area (Å²) in [5.74, 6) is 1.68. The Balaban J connectivity index is 1.12. The molecule has 1 aromatic heterocycles. The molecule has 186 valence electrons. The molecule has 0 bridgehead atoms. The highest BCUT2D eigenvalue weighted by Crippen LogP contribution is 2.35. The summed E-state index contributed by atoms with van der Waals surface area (Å²) in [7, 11) is 0. The standard InChI is InChI=1S/C31H27BrN2O3/c32-27-11-5-8-24-25(27)9-4-10-26(24)31-34-28-18-22(14-17-29(28)37-31)33-30(35)19-36-23-15-12-21(13-16-23)20-6-2-1-3-7-20/h4-5,8-18,20H,1-3,6-7,19H2,(H,33,35). The fraction of sp³-hybridized carbons (Fsp3) is 0.226. The molecule has 0 saturated heterocycles. The average molecular weight is 555 g/mol. The largest absolute Gasteiger partial charge is 0.484 e. The van der Waals surface area contributed by atoms with E-state index in [1.807, 2.05) is 54.6 Å². The van der Waals surface area contributed by atoms with Crippen molar-refractivity contribution in [2.45, 2.75) is 38.0 Å². The molecule has 1 amide bonds. The lowest BCUT2D eigenvalue weighted by Gasteiger charge is -2.22. The SMILES string of the molecule is O=C(COc1ccc(C2CCCCC2)cc1)Nc1ccc2oc(-c3cccc4c(Br)cccc34)nc2c1. The molecule has 1 fully saturated rings. The molecule has 37 heavy (non-hydrogen) atoms. The van der Waals surface area contributed by atoms with Crippen LogP contribution in [0.3, 0.4) is 0 Å². The molecule has 0 aliphatic heterocycles. The minimum atomic E-state index is -0.224. The number of fused-ring (bicyclic) bond motifs is 2. The number of anilines is 1. The Morgan fingerprint density at radius 1 is 0.946 bits per heavy atom. The number of halogens is 1. The van der Waals surface area contributed by atoms with Gasteiger partial charge in [0.15, 0.2) is 12.2 Å². The van der Waals surface area contributed by atoms with E-state index in [1.165, 1.54) is 37.7 Å². The summed E-state index contributed by atoms with van der Waals surface area (Å²) in [6, 6.07) is 25.8. The van der Waals surface area contributed by atoms with Crippen LogP contribution >= 0.6 is 15.9 Å². The molecule has 1 aliphatic carbocycles. The van der Waals surface area contributed by atoms with Gasteiger partial charge < -0.3 is 14.5 Å². The van der Waals surface area contributed by atoms with Gasteiger partial charge in [-0.25, -0.2) is 4.98 Å². The molecule has 0 atom stereocenters. The highest BCUT2D eigenvalue weighted by Gasteiger charge is 2.16. The first kappa shape index (κ1) is 23.7. The highest BCUT2D eigenvalue weighted by atomic mass is 79.9. The van der Waals surface area contributed by atoms with Gasteiger partial charge in [0.2, 0.25) is 5.89 Å². The number of carbonyl (C=O) groups is 1. The van der Waals surface area contributed by atoms with Crippen LogP contribution in [-0.2, 0) is 4.79 Å². The van der Waals surface area contributed by atoms with E-state index in [1.54, 1.807) is 0 Å². The summed E-state index contributed by atoms with van der Waals surface area (Å²) in [6.07, 6.45) is 6.50. The van der Waals surface area contributed by atoms with Crippen LogP contribution in [0.4, 0.5) is 5.69 Å². The molecule has 1 N–H and O–H groups in total. The number of nitrogens with one attached hydrogen (secondary N) is 1. The van der Waals surface area contributed by atoms with Crippen molar-refractivity contribution in [3.05, 3.63) is 88.9 Å². The van der Waals surface area contributed by atoms with Crippen LogP contribution in [0.15, 0.2) is 87.8 Å². The second kappa shape index (κ2) is 10.4. The number of nitrogens with zero attached hydrogens (tertiary/aromatic N) is 1. The maximum absolute atomic E-state index is 12.6. The number of ether oxygens (including phenoxy) is 1. The van der Waals surface area contributed by atoms with Crippen molar-refractivity contribution in [1.29, 1.82) is 0 Å². The van der Waals surface area contributed by atoms with Gasteiger partial charge in [0, 0.05) is 15.7 Å². The molecule has 0 spiro atoms. The molecule has 1 saturated carbocycles. The normalized spacial score (nSPS) is 14.2. The lowest BCUT2D eigenvalue weighted by molar-refractivity contribution is -0.118. The quantitative estimate of drug-likeness (QED) is 0.228. The van der Waals surface area contributed by atoms with E-state index in [0.717, 1.165) is 20.8 Å². The van der Waals surface area contributed by atoms with Crippen molar-refractivity contribution in [1.82, 2.24) is 4.98 Å². The van der Waals surface area contributed by atoms with E-state index in [-0.39, 0.29) is 12.5 Å². The van der Waals surface area contributed by atoms with Crippen LogP contribution in [-0.4, -0.2) is 17.5 Å².